The number of nitrogens with one attached hydrogen (secondary N) is 1. The maximum atomic E-state index is 13.6. The van der Waals surface area contributed by atoms with E-state index in [1.54, 1.807) is 16.7 Å². The van der Waals surface area contributed by atoms with Crippen LogP contribution < -0.4 is 5.32 Å². The Balaban J connectivity index is 1.77. The highest BCUT2D eigenvalue weighted by Gasteiger charge is 2.30. The normalized spacial score (nSPS) is 11.6. The smallest absolute Gasteiger partial charge is 0.243 e. The lowest BCUT2D eigenvalue weighted by atomic mass is 10.0. The Morgan fingerprint density at radius 1 is 0.892 bits per heavy atom. The first-order chi connectivity index (χ1) is 18.0. The summed E-state index contributed by atoms with van der Waals surface area (Å²) in [5, 5.41) is 4.37. The molecule has 0 aliphatic heterocycles. The summed E-state index contributed by atoms with van der Waals surface area (Å²) in [6.45, 7) is 3.00. The molecule has 0 radical (unpaired) electrons. The van der Waals surface area contributed by atoms with Crippen LogP contribution in [-0.2, 0) is 22.6 Å². The fourth-order valence-corrected chi connectivity index (χ4v) is 5.17. The third kappa shape index (κ3) is 10.1. The lowest BCUT2D eigenvalue weighted by molar-refractivity contribution is -0.141. The Labute approximate surface area is 234 Å². The molecule has 0 unspecified atom stereocenters. The Morgan fingerprint density at radius 2 is 1.62 bits per heavy atom. The van der Waals surface area contributed by atoms with E-state index in [4.69, 9.17) is 23.2 Å². The molecule has 7 heteroatoms. The summed E-state index contributed by atoms with van der Waals surface area (Å²) in [7, 11) is 0. The van der Waals surface area contributed by atoms with Crippen molar-refractivity contribution in [3.05, 3.63) is 100 Å². The number of thioether (sulfide) groups is 1. The summed E-state index contributed by atoms with van der Waals surface area (Å²) < 4.78 is 0. The Kier molecular flexibility index (Phi) is 12.3. The predicted molar refractivity (Wildman–Crippen MR) is 155 cm³/mol. The zero-order valence-electron chi connectivity index (χ0n) is 21.2. The quantitative estimate of drug-likeness (QED) is 0.166. The molecule has 196 valence electrons. The van der Waals surface area contributed by atoms with Gasteiger partial charge in [0, 0.05) is 40.9 Å². The summed E-state index contributed by atoms with van der Waals surface area (Å²) in [6, 6.07) is 24.4. The van der Waals surface area contributed by atoms with Gasteiger partial charge in [-0.15, -0.1) is 11.8 Å². The zero-order chi connectivity index (χ0) is 26.5. The highest BCUT2D eigenvalue weighted by Crippen LogP contribution is 2.23. The molecule has 0 heterocycles. The van der Waals surface area contributed by atoms with Gasteiger partial charge in [-0.3, -0.25) is 9.59 Å². The van der Waals surface area contributed by atoms with Crippen molar-refractivity contribution in [3.63, 3.8) is 0 Å². The summed E-state index contributed by atoms with van der Waals surface area (Å²) in [6.07, 6.45) is 3.39. The second-order valence-electron chi connectivity index (χ2n) is 8.91. The minimum atomic E-state index is -0.616. The van der Waals surface area contributed by atoms with E-state index in [0.29, 0.717) is 42.4 Å². The van der Waals surface area contributed by atoms with Crippen LogP contribution in [-0.4, -0.2) is 35.1 Å². The second-order valence-corrected chi connectivity index (χ2v) is 10.9. The molecule has 1 atom stereocenters. The molecule has 0 saturated heterocycles. The molecule has 0 aliphatic carbocycles. The topological polar surface area (TPSA) is 49.4 Å². The van der Waals surface area contributed by atoms with Crippen LogP contribution in [0.4, 0.5) is 0 Å². The minimum Gasteiger partial charge on any atom is -0.354 e. The van der Waals surface area contributed by atoms with Crippen LogP contribution in [0.1, 0.15) is 43.7 Å². The summed E-state index contributed by atoms with van der Waals surface area (Å²) in [4.78, 5) is 29.9. The Morgan fingerprint density at radius 3 is 2.32 bits per heavy atom. The van der Waals surface area contributed by atoms with Gasteiger partial charge in [0.25, 0.3) is 0 Å². The molecular weight excluding hydrogens is 523 g/mol. The fraction of sp³-hybridized carbons (Fsp3) is 0.333. The van der Waals surface area contributed by atoms with E-state index in [-0.39, 0.29) is 11.8 Å². The predicted octanol–water partition coefficient (Wildman–Crippen LogP) is 7.42. The van der Waals surface area contributed by atoms with Gasteiger partial charge < -0.3 is 10.2 Å². The van der Waals surface area contributed by atoms with Crippen molar-refractivity contribution in [2.75, 3.05) is 12.3 Å². The average Bonchev–Trinajstić information content (AvgIpc) is 2.90. The van der Waals surface area contributed by atoms with Crippen LogP contribution in [0.15, 0.2) is 83.8 Å². The van der Waals surface area contributed by atoms with Crippen LogP contribution in [0.2, 0.25) is 10.0 Å². The molecule has 3 rings (SSSR count). The lowest BCUT2D eigenvalue weighted by Crippen LogP contribution is -2.50. The average molecular weight is 558 g/mol. The van der Waals surface area contributed by atoms with E-state index in [9.17, 15) is 9.59 Å². The van der Waals surface area contributed by atoms with Gasteiger partial charge in [0.15, 0.2) is 0 Å². The van der Waals surface area contributed by atoms with Gasteiger partial charge >= 0.3 is 0 Å². The van der Waals surface area contributed by atoms with Gasteiger partial charge in [-0.05, 0) is 66.1 Å². The van der Waals surface area contributed by atoms with Crippen molar-refractivity contribution >= 4 is 46.8 Å². The standard InChI is InChI=1S/C30H34Cl2N2O2S/c1-2-3-18-33-30(36)28(21-23-9-5-4-6-10-23)34(22-24-11-7-12-26(32)20-24)29(35)13-8-19-37-27-16-14-25(31)15-17-27/h4-7,9-12,14-17,20,28H,2-3,8,13,18-19,21-22H2,1H3,(H,33,36)/t28-/m0/s1. The van der Waals surface area contributed by atoms with Crippen LogP contribution in [0, 0.1) is 0 Å². The molecule has 0 bridgehead atoms. The van der Waals surface area contributed by atoms with Gasteiger partial charge in [0.1, 0.15) is 6.04 Å². The number of nitrogens with zero attached hydrogens (tertiary/aromatic N) is 1. The third-order valence-corrected chi connectivity index (χ3v) is 7.55. The van der Waals surface area contributed by atoms with Gasteiger partial charge in [-0.25, -0.2) is 0 Å². The van der Waals surface area contributed by atoms with E-state index in [0.717, 1.165) is 34.6 Å². The van der Waals surface area contributed by atoms with E-state index >= 15 is 0 Å². The van der Waals surface area contributed by atoms with Crippen molar-refractivity contribution in [1.82, 2.24) is 10.2 Å². The second kappa shape index (κ2) is 15.7. The minimum absolute atomic E-state index is 0.0387. The number of benzene rings is 3. The maximum absolute atomic E-state index is 13.6. The third-order valence-electron chi connectivity index (χ3n) is 5.96. The number of rotatable bonds is 14. The van der Waals surface area contributed by atoms with Crippen molar-refractivity contribution in [1.29, 1.82) is 0 Å². The van der Waals surface area contributed by atoms with E-state index < -0.39 is 6.04 Å². The highest BCUT2D eigenvalue weighted by molar-refractivity contribution is 7.99. The number of unbranched alkanes of at least 4 members (excludes halogenated alkanes) is 1. The molecule has 2 amide bonds. The molecule has 0 fully saturated rings. The maximum Gasteiger partial charge on any atom is 0.243 e. The summed E-state index contributed by atoms with van der Waals surface area (Å²) >= 11 is 13.9. The molecule has 4 nitrogen and oxygen atoms in total. The zero-order valence-corrected chi connectivity index (χ0v) is 23.5. The van der Waals surface area contributed by atoms with E-state index in [1.165, 1.54) is 0 Å². The first kappa shape index (κ1) is 29.1. The Hall–Kier alpha value is -2.47. The number of halogens is 2. The van der Waals surface area contributed by atoms with Crippen molar-refractivity contribution in [2.24, 2.45) is 0 Å². The SMILES string of the molecule is CCCCNC(=O)[C@H](Cc1ccccc1)N(Cc1cccc(Cl)c1)C(=O)CCCSc1ccc(Cl)cc1. The molecule has 3 aromatic carbocycles. The van der Waals surface area contributed by atoms with E-state index in [2.05, 4.69) is 12.2 Å². The number of hydrogen-bond donors (Lipinski definition) is 1. The molecule has 37 heavy (non-hydrogen) atoms. The molecule has 0 aromatic heterocycles. The van der Waals surface area contributed by atoms with Crippen molar-refractivity contribution in [3.8, 4) is 0 Å². The van der Waals surface area contributed by atoms with Crippen LogP contribution >= 0.6 is 35.0 Å². The number of hydrogen-bond acceptors (Lipinski definition) is 3. The van der Waals surface area contributed by atoms with E-state index in [1.807, 2.05) is 78.9 Å². The summed E-state index contributed by atoms with van der Waals surface area (Å²) in [5.74, 6) is 0.635. The molecule has 3 aromatic rings. The van der Waals surface area contributed by atoms with Crippen LogP contribution in [0.25, 0.3) is 0 Å². The first-order valence-corrected chi connectivity index (χ1v) is 14.4. The first-order valence-electron chi connectivity index (χ1n) is 12.7. The van der Waals surface area contributed by atoms with Gasteiger partial charge in [-0.2, -0.15) is 0 Å². The van der Waals surface area contributed by atoms with Gasteiger partial charge in [0.05, 0.1) is 0 Å². The van der Waals surface area contributed by atoms with Crippen LogP contribution in [0.5, 0.6) is 0 Å². The number of carbonyl (C=O) groups excluding carboxylic acids is 2. The monoisotopic (exact) mass is 556 g/mol. The number of carbonyl (C=O) groups is 2. The van der Waals surface area contributed by atoms with Gasteiger partial charge in [0.2, 0.25) is 11.8 Å². The molecule has 0 saturated carbocycles. The molecular formula is C30H34Cl2N2O2S. The van der Waals surface area contributed by atoms with Crippen LogP contribution in [0.3, 0.4) is 0 Å². The molecule has 0 spiro atoms. The Bertz CT molecular complexity index is 1130. The van der Waals surface area contributed by atoms with Crippen molar-refractivity contribution < 1.29 is 9.59 Å². The number of amides is 2. The largest absolute Gasteiger partial charge is 0.354 e. The highest BCUT2D eigenvalue weighted by atomic mass is 35.5. The molecule has 1 N–H and O–H groups in total. The summed E-state index contributed by atoms with van der Waals surface area (Å²) in [5.41, 5.74) is 1.91. The molecule has 0 aliphatic rings. The fourth-order valence-electron chi connectivity index (χ4n) is 3.98. The van der Waals surface area contributed by atoms with Gasteiger partial charge in [-0.1, -0.05) is 79.0 Å². The lowest BCUT2D eigenvalue weighted by Gasteiger charge is -2.31. The van der Waals surface area contributed by atoms with Crippen molar-refractivity contribution in [2.45, 2.75) is 56.5 Å².